The quantitative estimate of drug-likeness (QED) is 0.694. The number of benzene rings is 2. The summed E-state index contributed by atoms with van der Waals surface area (Å²) < 4.78 is 27.4. The summed E-state index contributed by atoms with van der Waals surface area (Å²) in [5.74, 6) is -2.34. The molecule has 8 heteroatoms. The van der Waals surface area contributed by atoms with Crippen molar-refractivity contribution in [2.24, 2.45) is 0 Å². The van der Waals surface area contributed by atoms with Gasteiger partial charge in [0.1, 0.15) is 23.0 Å². The number of para-hydroxylation sites is 1. The molecule has 0 unspecified atom stereocenters. The molecule has 0 bridgehead atoms. The van der Waals surface area contributed by atoms with Gasteiger partial charge in [0, 0.05) is 16.4 Å². The number of hydrogen-bond donors (Lipinski definition) is 2. The molecule has 5 nitrogen and oxygen atoms in total. The number of anilines is 3. The van der Waals surface area contributed by atoms with E-state index in [0.29, 0.717) is 16.4 Å². The molecule has 0 radical (unpaired) electrons. The maximum atomic E-state index is 13.7. The molecule has 0 aliphatic carbocycles. The van der Waals surface area contributed by atoms with Crippen molar-refractivity contribution in [1.82, 2.24) is 9.97 Å². The summed E-state index contributed by atoms with van der Waals surface area (Å²) in [4.78, 5) is 20.6. The van der Waals surface area contributed by atoms with Crippen LogP contribution < -0.4 is 10.6 Å². The van der Waals surface area contributed by atoms with Gasteiger partial charge in [-0.25, -0.2) is 18.7 Å². The van der Waals surface area contributed by atoms with E-state index in [1.165, 1.54) is 12.1 Å². The predicted octanol–water partition coefficient (Wildman–Crippen LogP) is 4.71. The second kappa shape index (κ2) is 7.45. The van der Waals surface area contributed by atoms with E-state index in [-0.39, 0.29) is 11.6 Å². The molecular formula is C18H13ClF2N4O. The van der Waals surface area contributed by atoms with Gasteiger partial charge in [0.15, 0.2) is 0 Å². The smallest absolute Gasteiger partial charge is 0.274 e. The third-order valence-corrected chi connectivity index (χ3v) is 3.60. The van der Waals surface area contributed by atoms with Crippen molar-refractivity contribution >= 4 is 34.8 Å². The lowest BCUT2D eigenvalue weighted by Gasteiger charge is -2.10. The summed E-state index contributed by atoms with van der Waals surface area (Å²) in [5.41, 5.74) is 0.570. The van der Waals surface area contributed by atoms with E-state index in [1.54, 1.807) is 31.2 Å². The van der Waals surface area contributed by atoms with Crippen LogP contribution >= 0.6 is 11.6 Å². The molecule has 0 aliphatic heterocycles. The fourth-order valence-corrected chi connectivity index (χ4v) is 2.42. The van der Waals surface area contributed by atoms with Crippen LogP contribution in [0.4, 0.5) is 26.1 Å². The van der Waals surface area contributed by atoms with Crippen molar-refractivity contribution in [2.45, 2.75) is 6.92 Å². The van der Waals surface area contributed by atoms with Gasteiger partial charge in [0.05, 0.1) is 0 Å². The molecule has 1 aromatic heterocycles. The number of amides is 1. The molecular weight excluding hydrogens is 362 g/mol. The Kier molecular flexibility index (Phi) is 5.09. The van der Waals surface area contributed by atoms with Crippen molar-refractivity contribution < 1.29 is 13.6 Å². The highest BCUT2D eigenvalue weighted by Gasteiger charge is 2.16. The van der Waals surface area contributed by atoms with Crippen LogP contribution in [0.5, 0.6) is 0 Å². The number of carbonyl (C=O) groups is 1. The van der Waals surface area contributed by atoms with Crippen LogP contribution in [0, 0.1) is 18.6 Å². The van der Waals surface area contributed by atoms with E-state index in [0.717, 1.165) is 12.1 Å². The van der Waals surface area contributed by atoms with Crippen LogP contribution in [-0.2, 0) is 0 Å². The summed E-state index contributed by atoms with van der Waals surface area (Å²) in [7, 11) is 0. The third-order valence-electron chi connectivity index (χ3n) is 3.37. The van der Waals surface area contributed by atoms with Gasteiger partial charge in [-0.15, -0.1) is 0 Å². The minimum atomic E-state index is -0.874. The number of halogens is 3. The first-order chi connectivity index (χ1) is 12.4. The molecule has 0 fully saturated rings. The lowest BCUT2D eigenvalue weighted by Crippen LogP contribution is -2.17. The molecule has 132 valence electrons. The number of aryl methyl sites for hydroxylation is 1. The molecule has 0 atom stereocenters. The van der Waals surface area contributed by atoms with Crippen molar-refractivity contribution in [1.29, 1.82) is 0 Å². The van der Waals surface area contributed by atoms with Crippen molar-refractivity contribution in [2.75, 3.05) is 10.6 Å². The second-order valence-electron chi connectivity index (χ2n) is 5.40. The van der Waals surface area contributed by atoms with Gasteiger partial charge in [-0.2, -0.15) is 0 Å². The van der Waals surface area contributed by atoms with E-state index >= 15 is 0 Å². The van der Waals surface area contributed by atoms with Crippen molar-refractivity contribution in [3.63, 3.8) is 0 Å². The molecule has 0 saturated heterocycles. The zero-order valence-corrected chi connectivity index (χ0v) is 14.3. The highest BCUT2D eigenvalue weighted by atomic mass is 35.5. The topological polar surface area (TPSA) is 66.9 Å². The molecule has 0 saturated carbocycles. The number of hydrogen-bond acceptors (Lipinski definition) is 4. The second-order valence-corrected chi connectivity index (χ2v) is 5.84. The summed E-state index contributed by atoms with van der Waals surface area (Å²) >= 11 is 5.93. The van der Waals surface area contributed by atoms with Crippen LogP contribution in [0.2, 0.25) is 5.02 Å². The van der Waals surface area contributed by atoms with Crippen molar-refractivity contribution in [3.05, 3.63) is 76.6 Å². The van der Waals surface area contributed by atoms with E-state index in [9.17, 15) is 13.6 Å². The molecule has 3 aromatic rings. The SMILES string of the molecule is Cc1cc(C(=O)Nc2c(F)cccc2F)nc(Nc2cccc(Cl)c2)n1. The Morgan fingerprint density at radius 2 is 1.73 bits per heavy atom. The van der Waals surface area contributed by atoms with Crippen molar-refractivity contribution in [3.8, 4) is 0 Å². The minimum Gasteiger partial charge on any atom is -0.324 e. The molecule has 3 rings (SSSR count). The van der Waals surface area contributed by atoms with E-state index in [2.05, 4.69) is 20.6 Å². The van der Waals surface area contributed by atoms with Gasteiger partial charge in [0.2, 0.25) is 5.95 Å². The number of nitrogens with one attached hydrogen (secondary N) is 2. The molecule has 2 aromatic carbocycles. The fraction of sp³-hybridized carbons (Fsp3) is 0.0556. The average Bonchev–Trinajstić information content (AvgIpc) is 2.57. The lowest BCUT2D eigenvalue weighted by molar-refractivity contribution is 0.102. The molecule has 2 N–H and O–H groups in total. The Morgan fingerprint density at radius 1 is 1.04 bits per heavy atom. The zero-order chi connectivity index (χ0) is 18.7. The molecule has 0 spiro atoms. The monoisotopic (exact) mass is 374 g/mol. The Morgan fingerprint density at radius 3 is 2.42 bits per heavy atom. The standard InChI is InChI=1S/C18H13ClF2N4O/c1-10-8-15(17(26)25-16-13(20)6-3-7-14(16)21)24-18(22-10)23-12-5-2-4-11(19)9-12/h2-9H,1H3,(H,25,26)(H,22,23,24). The largest absolute Gasteiger partial charge is 0.324 e. The zero-order valence-electron chi connectivity index (χ0n) is 13.6. The Bertz CT molecular complexity index is 961. The average molecular weight is 375 g/mol. The maximum absolute atomic E-state index is 13.7. The minimum absolute atomic E-state index is 0.0373. The van der Waals surface area contributed by atoms with Gasteiger partial charge in [-0.3, -0.25) is 4.79 Å². The molecule has 1 heterocycles. The number of aromatic nitrogens is 2. The van der Waals surface area contributed by atoms with Gasteiger partial charge in [0.25, 0.3) is 5.91 Å². The van der Waals surface area contributed by atoms with Gasteiger partial charge >= 0.3 is 0 Å². The van der Waals surface area contributed by atoms with E-state index in [4.69, 9.17) is 11.6 Å². The normalized spacial score (nSPS) is 10.5. The molecule has 26 heavy (non-hydrogen) atoms. The number of rotatable bonds is 4. The number of carbonyl (C=O) groups excluding carboxylic acids is 1. The van der Waals surface area contributed by atoms with Gasteiger partial charge in [-0.05, 0) is 43.3 Å². The maximum Gasteiger partial charge on any atom is 0.274 e. The number of nitrogens with zero attached hydrogens (tertiary/aromatic N) is 2. The first-order valence-electron chi connectivity index (χ1n) is 7.56. The van der Waals surface area contributed by atoms with Crippen LogP contribution in [0.1, 0.15) is 16.2 Å². The summed E-state index contributed by atoms with van der Waals surface area (Å²) in [5, 5.41) is 5.65. The third kappa shape index (κ3) is 4.12. The molecule has 0 aliphatic rings. The molecule has 1 amide bonds. The summed E-state index contributed by atoms with van der Waals surface area (Å²) in [6, 6.07) is 11.6. The highest BCUT2D eigenvalue weighted by Crippen LogP contribution is 2.20. The summed E-state index contributed by atoms with van der Waals surface area (Å²) in [6.07, 6.45) is 0. The van der Waals surface area contributed by atoms with Gasteiger partial charge in [-0.1, -0.05) is 23.7 Å². The Balaban J connectivity index is 1.86. The Labute approximate surface area is 153 Å². The highest BCUT2D eigenvalue weighted by molar-refractivity contribution is 6.30. The van der Waals surface area contributed by atoms with Crippen LogP contribution in [0.3, 0.4) is 0 Å². The van der Waals surface area contributed by atoms with Gasteiger partial charge < -0.3 is 10.6 Å². The van der Waals surface area contributed by atoms with Crippen LogP contribution in [0.15, 0.2) is 48.5 Å². The van der Waals surface area contributed by atoms with Crippen LogP contribution in [0.25, 0.3) is 0 Å². The lowest BCUT2D eigenvalue weighted by atomic mass is 10.2. The fourth-order valence-electron chi connectivity index (χ4n) is 2.23. The predicted molar refractivity (Wildman–Crippen MR) is 95.8 cm³/mol. The summed E-state index contributed by atoms with van der Waals surface area (Å²) in [6.45, 7) is 1.67. The van der Waals surface area contributed by atoms with E-state index in [1.807, 2.05) is 0 Å². The first kappa shape index (κ1) is 17.8. The Hall–Kier alpha value is -3.06. The first-order valence-corrected chi connectivity index (χ1v) is 7.94. The van der Waals surface area contributed by atoms with Crippen LogP contribution in [-0.4, -0.2) is 15.9 Å². The van der Waals surface area contributed by atoms with E-state index < -0.39 is 23.2 Å².